The van der Waals surface area contributed by atoms with E-state index < -0.39 is 0 Å². The maximum atomic E-state index is 5.22. The van der Waals surface area contributed by atoms with Crippen molar-refractivity contribution in [3.8, 4) is 11.5 Å². The molecule has 7 heteroatoms. The molecular weight excluding hydrogens is 302 g/mol. The van der Waals surface area contributed by atoms with Crippen LogP contribution >= 0.6 is 28.1 Å². The first-order valence-electron chi connectivity index (χ1n) is 5.22. The Morgan fingerprint density at radius 3 is 2.82 bits per heavy atom. The molecule has 17 heavy (non-hydrogen) atoms. The molecule has 90 valence electrons. The van der Waals surface area contributed by atoms with Gasteiger partial charge in [0.1, 0.15) is 10.3 Å². The standard InChI is InChI=1S/C10H12BrN5S/c1-5(2)3-6-8(11)10(17)14-9(13-6)7-4-12-16-15-7/h4-5H,3H2,1-2H3,(H,12,15,16)(H,13,14,17). The maximum Gasteiger partial charge on any atom is 0.161 e. The van der Waals surface area contributed by atoms with Crippen LogP contribution < -0.4 is 0 Å². The van der Waals surface area contributed by atoms with Crippen molar-refractivity contribution in [2.75, 3.05) is 0 Å². The van der Waals surface area contributed by atoms with Gasteiger partial charge in [0.05, 0.1) is 10.7 Å². The molecule has 2 rings (SSSR count). The van der Waals surface area contributed by atoms with Crippen LogP contribution in [0.1, 0.15) is 19.5 Å². The van der Waals surface area contributed by atoms with Gasteiger partial charge >= 0.3 is 0 Å². The predicted octanol–water partition coefficient (Wildman–Crippen LogP) is 2.89. The van der Waals surface area contributed by atoms with Gasteiger partial charge in [-0.05, 0) is 28.3 Å². The van der Waals surface area contributed by atoms with Crippen LogP contribution in [0.3, 0.4) is 0 Å². The van der Waals surface area contributed by atoms with Gasteiger partial charge in [0.15, 0.2) is 5.82 Å². The maximum absolute atomic E-state index is 5.22. The molecule has 5 nitrogen and oxygen atoms in total. The van der Waals surface area contributed by atoms with Crippen LogP contribution in [-0.2, 0) is 6.42 Å². The number of rotatable bonds is 3. The van der Waals surface area contributed by atoms with Crippen molar-refractivity contribution in [3.63, 3.8) is 0 Å². The first-order valence-corrected chi connectivity index (χ1v) is 6.43. The second kappa shape index (κ2) is 5.05. The van der Waals surface area contributed by atoms with Crippen molar-refractivity contribution in [1.29, 1.82) is 0 Å². The Bertz CT molecular complexity index is 561. The van der Waals surface area contributed by atoms with E-state index in [4.69, 9.17) is 12.2 Å². The molecule has 0 aromatic carbocycles. The first kappa shape index (κ1) is 12.4. The van der Waals surface area contributed by atoms with Crippen molar-refractivity contribution in [2.45, 2.75) is 20.3 Å². The van der Waals surface area contributed by atoms with E-state index in [1.54, 1.807) is 6.20 Å². The fourth-order valence-corrected chi connectivity index (χ4v) is 2.06. The van der Waals surface area contributed by atoms with Crippen LogP contribution in [0.25, 0.3) is 11.5 Å². The van der Waals surface area contributed by atoms with Crippen molar-refractivity contribution < 1.29 is 0 Å². The summed E-state index contributed by atoms with van der Waals surface area (Å²) >= 11 is 8.68. The topological polar surface area (TPSA) is 70.2 Å². The zero-order chi connectivity index (χ0) is 12.4. The molecule has 0 fully saturated rings. The van der Waals surface area contributed by atoms with Gasteiger partial charge in [-0.25, -0.2) is 4.98 Å². The summed E-state index contributed by atoms with van der Waals surface area (Å²) in [5.74, 6) is 1.17. The van der Waals surface area contributed by atoms with Gasteiger partial charge in [-0.1, -0.05) is 26.1 Å². The summed E-state index contributed by atoms with van der Waals surface area (Å²) in [5, 5.41) is 10.3. The molecule has 0 aliphatic carbocycles. The molecule has 0 unspecified atom stereocenters. The van der Waals surface area contributed by atoms with Crippen LogP contribution in [0.15, 0.2) is 10.7 Å². The SMILES string of the molecule is CC(C)Cc1[nH]c(-c2cn[nH]n2)nc(=S)c1Br. The minimum absolute atomic E-state index is 0.532. The van der Waals surface area contributed by atoms with Crippen molar-refractivity contribution in [2.24, 2.45) is 5.92 Å². The monoisotopic (exact) mass is 313 g/mol. The van der Waals surface area contributed by atoms with E-state index in [0.29, 0.717) is 22.1 Å². The number of hydrogen-bond donors (Lipinski definition) is 2. The third-order valence-corrected chi connectivity index (χ3v) is 3.62. The summed E-state index contributed by atoms with van der Waals surface area (Å²) in [6, 6.07) is 0. The smallest absolute Gasteiger partial charge is 0.161 e. The molecule has 2 aromatic rings. The average molecular weight is 314 g/mol. The van der Waals surface area contributed by atoms with Crippen LogP contribution in [-0.4, -0.2) is 25.4 Å². The van der Waals surface area contributed by atoms with Gasteiger partial charge < -0.3 is 4.98 Å². The lowest BCUT2D eigenvalue weighted by molar-refractivity contribution is 0.632. The molecule has 0 bridgehead atoms. The molecule has 2 aromatic heterocycles. The molecule has 0 atom stereocenters. The van der Waals surface area contributed by atoms with Crippen molar-refractivity contribution in [3.05, 3.63) is 21.0 Å². The first-order chi connectivity index (χ1) is 8.08. The summed E-state index contributed by atoms with van der Waals surface area (Å²) in [4.78, 5) is 7.51. The normalized spacial score (nSPS) is 11.1. The van der Waals surface area contributed by atoms with Gasteiger partial charge in [-0.2, -0.15) is 15.4 Å². The van der Waals surface area contributed by atoms with Gasteiger partial charge in [0, 0.05) is 5.69 Å². The predicted molar refractivity (Wildman–Crippen MR) is 71.0 cm³/mol. The Hall–Kier alpha value is -1.08. The van der Waals surface area contributed by atoms with Crippen molar-refractivity contribution >= 4 is 28.1 Å². The molecule has 2 heterocycles. The Labute approximate surface area is 112 Å². The second-order valence-corrected chi connectivity index (χ2v) is 5.32. The Morgan fingerprint density at radius 2 is 2.24 bits per heavy atom. The molecule has 0 saturated heterocycles. The van der Waals surface area contributed by atoms with Crippen LogP contribution in [0.2, 0.25) is 0 Å². The zero-order valence-electron chi connectivity index (χ0n) is 9.49. The van der Waals surface area contributed by atoms with Gasteiger partial charge in [-0.15, -0.1) is 0 Å². The quantitative estimate of drug-likeness (QED) is 0.855. The summed E-state index contributed by atoms with van der Waals surface area (Å²) in [6.07, 6.45) is 2.51. The van der Waals surface area contributed by atoms with E-state index in [1.807, 2.05) is 0 Å². The zero-order valence-corrected chi connectivity index (χ0v) is 11.9. The van der Waals surface area contributed by atoms with E-state index in [9.17, 15) is 0 Å². The lowest BCUT2D eigenvalue weighted by Crippen LogP contribution is -2.02. The fourth-order valence-electron chi connectivity index (χ4n) is 1.49. The number of aromatic amines is 2. The number of nitrogens with one attached hydrogen (secondary N) is 2. The number of H-pyrrole nitrogens is 2. The third-order valence-electron chi connectivity index (χ3n) is 2.21. The van der Waals surface area contributed by atoms with Crippen molar-refractivity contribution in [1.82, 2.24) is 25.4 Å². The number of halogens is 1. The molecule has 0 aliphatic heterocycles. The molecule has 0 amide bonds. The largest absolute Gasteiger partial charge is 0.341 e. The second-order valence-electron chi connectivity index (χ2n) is 4.14. The molecular formula is C10H12BrN5S. The molecule has 0 saturated carbocycles. The summed E-state index contributed by atoms with van der Waals surface area (Å²) < 4.78 is 1.39. The number of hydrogen-bond acceptors (Lipinski definition) is 4. The molecule has 0 spiro atoms. The lowest BCUT2D eigenvalue weighted by atomic mass is 10.1. The minimum atomic E-state index is 0.532. The Balaban J connectivity index is 2.50. The Morgan fingerprint density at radius 1 is 1.47 bits per heavy atom. The molecule has 2 N–H and O–H groups in total. The van der Waals surface area contributed by atoms with E-state index >= 15 is 0 Å². The van der Waals surface area contributed by atoms with E-state index in [0.717, 1.165) is 16.6 Å². The fraction of sp³-hybridized carbons (Fsp3) is 0.400. The van der Waals surface area contributed by atoms with Gasteiger partial charge in [-0.3, -0.25) is 0 Å². The number of nitrogens with zero attached hydrogens (tertiary/aromatic N) is 3. The van der Waals surface area contributed by atoms with E-state index in [2.05, 4.69) is 55.2 Å². The third kappa shape index (κ3) is 2.78. The van der Waals surface area contributed by atoms with E-state index in [-0.39, 0.29) is 0 Å². The molecule has 0 radical (unpaired) electrons. The minimum Gasteiger partial charge on any atom is -0.341 e. The Kier molecular flexibility index (Phi) is 3.68. The summed E-state index contributed by atoms with van der Waals surface area (Å²) in [6.45, 7) is 4.30. The van der Waals surface area contributed by atoms with Crippen LogP contribution in [0, 0.1) is 10.6 Å². The summed E-state index contributed by atoms with van der Waals surface area (Å²) in [7, 11) is 0. The molecule has 0 aliphatic rings. The van der Waals surface area contributed by atoms with Gasteiger partial charge in [0.2, 0.25) is 0 Å². The highest BCUT2D eigenvalue weighted by Gasteiger charge is 2.10. The average Bonchev–Trinajstić information content (AvgIpc) is 2.77. The summed E-state index contributed by atoms with van der Waals surface area (Å²) in [5.41, 5.74) is 1.70. The highest BCUT2D eigenvalue weighted by atomic mass is 79.9. The van der Waals surface area contributed by atoms with Crippen LogP contribution in [0.5, 0.6) is 0 Å². The van der Waals surface area contributed by atoms with Gasteiger partial charge in [0.25, 0.3) is 0 Å². The highest BCUT2D eigenvalue weighted by Crippen LogP contribution is 2.21. The van der Waals surface area contributed by atoms with E-state index in [1.165, 1.54) is 0 Å². The highest BCUT2D eigenvalue weighted by molar-refractivity contribution is 9.10. The van der Waals surface area contributed by atoms with Crippen LogP contribution in [0.4, 0.5) is 0 Å². The number of aromatic nitrogens is 5. The lowest BCUT2D eigenvalue weighted by Gasteiger charge is -2.09.